The molecule has 0 unspecified atom stereocenters. The molecule has 0 spiro atoms. The minimum Gasteiger partial charge on any atom is -0.436 e. The molecule has 0 bridgehead atoms. The van der Waals surface area contributed by atoms with Crippen molar-refractivity contribution in [1.82, 2.24) is 44.4 Å². The fraction of sp³-hybridized carbons (Fsp3) is 0.0135. The lowest BCUT2D eigenvalue weighted by atomic mass is 10.00. The molecule has 10 nitrogen and oxygen atoms in total. The summed E-state index contributed by atoms with van der Waals surface area (Å²) >= 11 is 0. The summed E-state index contributed by atoms with van der Waals surface area (Å²) in [5.74, 6) is 6.85. The van der Waals surface area contributed by atoms with Crippen LogP contribution >= 0.6 is 0 Å². The molecule has 0 saturated heterocycles. The van der Waals surface area contributed by atoms with E-state index in [-0.39, 0.29) is 0 Å². The van der Waals surface area contributed by atoms with Crippen molar-refractivity contribution in [1.29, 1.82) is 0 Å². The maximum absolute atomic E-state index is 6.44. The van der Waals surface area contributed by atoms with E-state index in [0.717, 1.165) is 99.7 Å². The Morgan fingerprint density at radius 2 is 0.929 bits per heavy atom. The molecule has 5 heterocycles. The number of hydrogen-bond acceptors (Lipinski definition) is 8. The Morgan fingerprint density at radius 3 is 1.49 bits per heavy atom. The SMILES string of the molecule is C#C/C=C\C(=C/C)c1nc(-c2ccccc2)nc(-c2ccccc2)n1.c1ccc(-c2nc(-c3ccccc3)nc(-c3ccc(-n4c5ccc(-c6cccc7c6[nH]c6ccccc67)cc5c5cc6oc(-c7ccccc7)nc6cc54)cc3)n2)cc1. The third-order valence-electron chi connectivity index (χ3n) is 14.9. The van der Waals surface area contributed by atoms with Gasteiger partial charge in [-0.1, -0.05) is 194 Å². The molecular formula is C74H49N9O. The first-order valence-corrected chi connectivity index (χ1v) is 27.6. The molecule has 0 fully saturated rings. The number of nitrogens with one attached hydrogen (secondary N) is 1. The van der Waals surface area contributed by atoms with Crippen molar-refractivity contribution in [3.05, 3.63) is 273 Å². The number of aromatic amines is 1. The van der Waals surface area contributed by atoms with Gasteiger partial charge in [0.25, 0.3) is 0 Å². The zero-order valence-corrected chi connectivity index (χ0v) is 45.5. The summed E-state index contributed by atoms with van der Waals surface area (Å²) in [6.07, 6.45) is 10.7. The van der Waals surface area contributed by atoms with Crippen LogP contribution in [-0.2, 0) is 0 Å². The van der Waals surface area contributed by atoms with Crippen molar-refractivity contribution >= 4 is 60.3 Å². The number of H-pyrrole nitrogens is 1. The Morgan fingerprint density at radius 1 is 0.440 bits per heavy atom. The summed E-state index contributed by atoms with van der Waals surface area (Å²) in [7, 11) is 0. The van der Waals surface area contributed by atoms with Crippen molar-refractivity contribution in [2.45, 2.75) is 6.92 Å². The van der Waals surface area contributed by atoms with Gasteiger partial charge in [0.2, 0.25) is 5.89 Å². The maximum atomic E-state index is 6.44. The van der Waals surface area contributed by atoms with Crippen LogP contribution in [0.15, 0.2) is 271 Å². The quantitative estimate of drug-likeness (QED) is 0.106. The average Bonchev–Trinajstić information content (AvgIpc) is 2.15. The van der Waals surface area contributed by atoms with Crippen LogP contribution in [0, 0.1) is 12.3 Å². The molecule has 84 heavy (non-hydrogen) atoms. The lowest BCUT2D eigenvalue weighted by Crippen LogP contribution is -2.02. The molecule has 10 aromatic carbocycles. The summed E-state index contributed by atoms with van der Waals surface area (Å²) in [6, 6.07) is 84.5. The first-order valence-electron chi connectivity index (χ1n) is 27.6. The third kappa shape index (κ3) is 9.74. The number of terminal acetylenes is 1. The number of para-hydroxylation sites is 2. The van der Waals surface area contributed by atoms with Crippen molar-refractivity contribution in [2.24, 2.45) is 0 Å². The summed E-state index contributed by atoms with van der Waals surface area (Å²) < 4.78 is 8.75. The fourth-order valence-electron chi connectivity index (χ4n) is 10.8. The van der Waals surface area contributed by atoms with E-state index in [1.807, 2.05) is 171 Å². The van der Waals surface area contributed by atoms with Crippen molar-refractivity contribution in [2.75, 3.05) is 0 Å². The number of benzene rings is 10. The van der Waals surface area contributed by atoms with E-state index < -0.39 is 0 Å². The molecule has 10 heteroatoms. The van der Waals surface area contributed by atoms with Gasteiger partial charge >= 0.3 is 0 Å². The number of hydrogen-bond donors (Lipinski definition) is 1. The molecule has 0 aliphatic rings. The molecule has 15 aromatic rings. The van der Waals surface area contributed by atoms with Crippen LogP contribution in [0.5, 0.6) is 0 Å². The third-order valence-corrected chi connectivity index (χ3v) is 14.9. The Bertz CT molecular complexity index is 4890. The maximum Gasteiger partial charge on any atom is 0.227 e. The summed E-state index contributed by atoms with van der Waals surface area (Å²) in [6.45, 7) is 1.93. The number of rotatable bonds is 10. The first-order chi connectivity index (χ1) is 41.5. The van der Waals surface area contributed by atoms with Crippen molar-refractivity contribution in [3.63, 3.8) is 0 Å². The lowest BCUT2D eigenvalue weighted by Gasteiger charge is -2.11. The highest BCUT2D eigenvalue weighted by molar-refractivity contribution is 6.16. The fourth-order valence-corrected chi connectivity index (χ4v) is 10.8. The second-order valence-corrected chi connectivity index (χ2v) is 20.1. The Labute approximate surface area is 483 Å². The van der Waals surface area contributed by atoms with Crippen LogP contribution in [-0.4, -0.2) is 44.4 Å². The lowest BCUT2D eigenvalue weighted by molar-refractivity contribution is 0.620. The van der Waals surface area contributed by atoms with Crippen LogP contribution in [0.1, 0.15) is 12.7 Å². The van der Waals surface area contributed by atoms with Crippen molar-refractivity contribution < 1.29 is 4.42 Å². The Balaban J connectivity index is 0.000000211. The first kappa shape index (κ1) is 50.5. The number of nitrogens with zero attached hydrogens (tertiary/aromatic N) is 8. The standard InChI is InChI=1S/C52H32N6O.C22H17N3/c1-4-13-32(14-5-1)49-55-50(33-15-6-2-7-16-33)57-51(56-49)34-23-26-37(27-24-34)58-45-28-25-36(38-20-12-21-40-39-19-10-11-22-43(39)53-48(38)40)29-41(45)42-30-47-44(31-46(42)58)54-52(59-47)35-17-8-3-9-18-35;1-3-5-12-17(4-2)20-23-21(18-13-8-6-9-14-18)25-22(24-20)19-15-10-7-11-16-19/h1-31,53H;1,4-16H,2H3/b;12-5-,17-4+. The number of allylic oxidation sites excluding steroid dienone is 4. The van der Waals surface area contributed by atoms with Gasteiger partial charge in [-0.2, -0.15) is 0 Å². The largest absolute Gasteiger partial charge is 0.436 e. The molecule has 0 amide bonds. The Kier molecular flexibility index (Phi) is 13.3. The topological polar surface area (TPSA) is 124 Å². The van der Waals surface area contributed by atoms with Gasteiger partial charge in [0.05, 0.1) is 16.6 Å². The second-order valence-electron chi connectivity index (χ2n) is 20.1. The van der Waals surface area contributed by atoms with E-state index >= 15 is 0 Å². The van der Waals surface area contributed by atoms with Gasteiger partial charge < -0.3 is 14.0 Å². The van der Waals surface area contributed by atoms with Gasteiger partial charge in [-0.05, 0) is 91.4 Å². The highest BCUT2D eigenvalue weighted by Gasteiger charge is 2.20. The van der Waals surface area contributed by atoms with Crippen molar-refractivity contribution in [3.8, 4) is 97.6 Å². The van der Waals surface area contributed by atoms with Crippen LogP contribution < -0.4 is 0 Å². The van der Waals surface area contributed by atoms with E-state index in [1.54, 1.807) is 6.08 Å². The normalized spacial score (nSPS) is 11.6. The molecule has 15 rings (SSSR count). The molecule has 0 atom stereocenters. The monoisotopic (exact) mass is 1080 g/mol. The number of oxazole rings is 1. The molecular weight excluding hydrogens is 1030 g/mol. The van der Waals surface area contributed by atoms with Crippen LogP contribution in [0.3, 0.4) is 0 Å². The van der Waals surface area contributed by atoms with E-state index in [2.05, 4.69) is 127 Å². The Hall–Kier alpha value is -11.7. The minimum absolute atomic E-state index is 0.599. The van der Waals surface area contributed by atoms with E-state index in [4.69, 9.17) is 30.8 Å². The molecule has 396 valence electrons. The highest BCUT2D eigenvalue weighted by Crippen LogP contribution is 2.41. The molecule has 1 N–H and O–H groups in total. The average molecular weight is 1080 g/mol. The van der Waals surface area contributed by atoms with Gasteiger partial charge in [0.15, 0.2) is 40.5 Å². The van der Waals surface area contributed by atoms with Gasteiger partial charge in [0, 0.05) is 77.3 Å². The number of aromatic nitrogens is 9. The van der Waals surface area contributed by atoms with Gasteiger partial charge in [0.1, 0.15) is 5.52 Å². The van der Waals surface area contributed by atoms with E-state index in [0.29, 0.717) is 40.8 Å². The zero-order valence-electron chi connectivity index (χ0n) is 45.5. The second kappa shape index (κ2) is 22.1. The predicted molar refractivity (Wildman–Crippen MR) is 341 cm³/mol. The molecule has 5 aromatic heterocycles. The summed E-state index contributed by atoms with van der Waals surface area (Å²) in [5.41, 5.74) is 15.6. The van der Waals surface area contributed by atoms with Gasteiger partial charge in [-0.3, -0.25) is 0 Å². The van der Waals surface area contributed by atoms with E-state index in [9.17, 15) is 0 Å². The summed E-state index contributed by atoms with van der Waals surface area (Å²) in [5, 5.41) is 4.63. The van der Waals surface area contributed by atoms with Crippen LogP contribution in [0.2, 0.25) is 0 Å². The highest BCUT2D eigenvalue weighted by atomic mass is 16.3. The zero-order chi connectivity index (χ0) is 56.3. The molecule has 0 aliphatic carbocycles. The van der Waals surface area contributed by atoms with Crippen LogP contribution in [0.25, 0.3) is 145 Å². The number of fused-ring (bicyclic) bond motifs is 7. The smallest absolute Gasteiger partial charge is 0.227 e. The van der Waals surface area contributed by atoms with E-state index in [1.165, 1.54) is 10.8 Å². The van der Waals surface area contributed by atoms with Gasteiger partial charge in [-0.15, -0.1) is 6.42 Å². The molecule has 0 saturated carbocycles. The molecule has 0 radical (unpaired) electrons. The summed E-state index contributed by atoms with van der Waals surface area (Å²) in [4.78, 5) is 37.5. The van der Waals surface area contributed by atoms with Gasteiger partial charge in [-0.25, -0.2) is 34.9 Å². The molecule has 0 aliphatic heterocycles. The minimum atomic E-state index is 0.599. The predicted octanol–water partition coefficient (Wildman–Crippen LogP) is 17.9. The van der Waals surface area contributed by atoms with Crippen LogP contribution in [0.4, 0.5) is 0 Å².